The van der Waals surface area contributed by atoms with Crippen molar-refractivity contribution in [2.45, 2.75) is 6.42 Å². The summed E-state index contributed by atoms with van der Waals surface area (Å²) < 4.78 is 9.50. The predicted molar refractivity (Wildman–Crippen MR) is 64.0 cm³/mol. The van der Waals surface area contributed by atoms with Crippen molar-refractivity contribution < 1.29 is 24.2 Å². The molecule has 6 heteroatoms. The Balaban J connectivity index is 3.30. The summed E-state index contributed by atoms with van der Waals surface area (Å²) >= 11 is 0. The maximum absolute atomic E-state index is 11.8. The number of esters is 1. The molecule has 0 aliphatic heterocycles. The van der Waals surface area contributed by atoms with Gasteiger partial charge in [0.1, 0.15) is 17.1 Å². The number of hydrogen-bond donors (Lipinski definition) is 2. The molecule has 0 fully saturated rings. The second-order valence-corrected chi connectivity index (χ2v) is 3.52. The maximum Gasteiger partial charge on any atom is 0.341 e. The van der Waals surface area contributed by atoms with E-state index in [2.05, 4.69) is 4.74 Å². The molecule has 0 aliphatic carbocycles. The first kappa shape index (κ1) is 14.0. The molecule has 18 heavy (non-hydrogen) atoms. The topological polar surface area (TPSA) is 98.9 Å². The fourth-order valence-corrected chi connectivity index (χ4v) is 1.50. The summed E-state index contributed by atoms with van der Waals surface area (Å²) in [7, 11) is 2.55. The van der Waals surface area contributed by atoms with Crippen LogP contribution in [-0.2, 0) is 4.74 Å². The Morgan fingerprint density at radius 2 is 1.94 bits per heavy atom. The average molecular weight is 253 g/mol. The molecule has 3 N–H and O–H groups in total. The minimum absolute atomic E-state index is 0.0846. The molecule has 0 aliphatic rings. The van der Waals surface area contributed by atoms with Gasteiger partial charge in [-0.05, 0) is 12.6 Å². The van der Waals surface area contributed by atoms with E-state index in [9.17, 15) is 14.7 Å². The lowest BCUT2D eigenvalue weighted by molar-refractivity contribution is 0.0597. The lowest BCUT2D eigenvalue weighted by Gasteiger charge is -2.10. The maximum atomic E-state index is 11.8. The lowest BCUT2D eigenvalue weighted by atomic mass is 10.0. The standard InChI is InChI=1S/C12H15NO5/c1-17-11-6-10(15)8(12(16)18-2)5-7(11)9(14)3-4-13/h5-6,15H,3-4,13H2,1-2H3. The minimum atomic E-state index is -0.725. The van der Waals surface area contributed by atoms with Crippen molar-refractivity contribution in [3.05, 3.63) is 23.3 Å². The molecular weight excluding hydrogens is 238 g/mol. The molecule has 0 unspecified atom stereocenters. The highest BCUT2D eigenvalue weighted by Crippen LogP contribution is 2.29. The fraction of sp³-hybridized carbons (Fsp3) is 0.333. The van der Waals surface area contributed by atoms with Gasteiger partial charge in [-0.1, -0.05) is 0 Å². The number of ether oxygens (including phenoxy) is 2. The van der Waals surface area contributed by atoms with Crippen LogP contribution in [-0.4, -0.2) is 37.6 Å². The third-order valence-electron chi connectivity index (χ3n) is 2.39. The molecule has 6 nitrogen and oxygen atoms in total. The van der Waals surface area contributed by atoms with Gasteiger partial charge in [-0.25, -0.2) is 4.79 Å². The fourth-order valence-electron chi connectivity index (χ4n) is 1.50. The Morgan fingerprint density at radius 3 is 2.44 bits per heavy atom. The number of benzene rings is 1. The van der Waals surface area contributed by atoms with Gasteiger partial charge in [-0.2, -0.15) is 0 Å². The van der Waals surface area contributed by atoms with E-state index in [0.29, 0.717) is 0 Å². The highest BCUT2D eigenvalue weighted by Gasteiger charge is 2.19. The van der Waals surface area contributed by atoms with Gasteiger partial charge in [-0.3, -0.25) is 4.79 Å². The van der Waals surface area contributed by atoms with Crippen molar-refractivity contribution in [2.75, 3.05) is 20.8 Å². The van der Waals surface area contributed by atoms with Crippen LogP contribution in [0.15, 0.2) is 12.1 Å². The molecule has 98 valence electrons. The summed E-state index contributed by atoms with van der Waals surface area (Å²) in [6, 6.07) is 2.45. The number of carbonyl (C=O) groups excluding carboxylic acids is 2. The van der Waals surface area contributed by atoms with Crippen molar-refractivity contribution in [1.82, 2.24) is 0 Å². The lowest BCUT2D eigenvalue weighted by Crippen LogP contribution is -2.11. The third-order valence-corrected chi connectivity index (χ3v) is 2.39. The molecule has 0 saturated carbocycles. The number of ketones is 1. The average Bonchev–Trinajstić information content (AvgIpc) is 2.37. The van der Waals surface area contributed by atoms with Crippen LogP contribution in [0.4, 0.5) is 0 Å². The largest absolute Gasteiger partial charge is 0.507 e. The normalized spacial score (nSPS) is 9.94. The molecule has 0 saturated heterocycles. The molecule has 0 spiro atoms. The number of phenolic OH excluding ortho intramolecular Hbond substituents is 1. The van der Waals surface area contributed by atoms with Crippen LogP contribution in [0.1, 0.15) is 27.1 Å². The second-order valence-electron chi connectivity index (χ2n) is 3.52. The highest BCUT2D eigenvalue weighted by atomic mass is 16.5. The van der Waals surface area contributed by atoms with E-state index in [-0.39, 0.29) is 41.4 Å². The Hall–Kier alpha value is -2.08. The summed E-state index contributed by atoms with van der Waals surface area (Å²) in [6.07, 6.45) is 0.127. The molecule has 1 aromatic rings. The van der Waals surface area contributed by atoms with Crippen molar-refractivity contribution in [2.24, 2.45) is 5.73 Å². The van der Waals surface area contributed by atoms with Crippen molar-refractivity contribution in [1.29, 1.82) is 0 Å². The number of methoxy groups -OCH3 is 2. The molecule has 0 aromatic heterocycles. The summed E-state index contributed by atoms with van der Waals surface area (Å²) in [5.41, 5.74) is 5.42. The quantitative estimate of drug-likeness (QED) is 0.592. The summed E-state index contributed by atoms with van der Waals surface area (Å²) in [5.74, 6) is -1.10. The first-order valence-corrected chi connectivity index (χ1v) is 5.27. The van der Waals surface area contributed by atoms with Gasteiger partial charge < -0.3 is 20.3 Å². The van der Waals surface area contributed by atoms with Gasteiger partial charge in [0.15, 0.2) is 5.78 Å². The molecule has 0 atom stereocenters. The Bertz CT molecular complexity index is 470. The van der Waals surface area contributed by atoms with Crippen LogP contribution >= 0.6 is 0 Å². The van der Waals surface area contributed by atoms with Crippen molar-refractivity contribution in [3.8, 4) is 11.5 Å². The first-order valence-electron chi connectivity index (χ1n) is 5.27. The predicted octanol–water partition coefficient (Wildman–Crippen LogP) is 0.719. The third kappa shape index (κ3) is 2.78. The van der Waals surface area contributed by atoms with E-state index in [1.807, 2.05) is 0 Å². The Labute approximate surface area is 104 Å². The summed E-state index contributed by atoms with van der Waals surface area (Å²) in [5, 5.41) is 9.64. The molecular formula is C12H15NO5. The van der Waals surface area contributed by atoms with Gasteiger partial charge in [0.2, 0.25) is 0 Å². The van der Waals surface area contributed by atoms with Crippen molar-refractivity contribution in [3.63, 3.8) is 0 Å². The zero-order valence-corrected chi connectivity index (χ0v) is 10.2. The number of Topliss-reactive ketones (excluding diaryl/α,β-unsaturated/α-hetero) is 1. The van der Waals surface area contributed by atoms with Crippen LogP contribution in [0.3, 0.4) is 0 Å². The number of carbonyl (C=O) groups is 2. The van der Waals surface area contributed by atoms with E-state index < -0.39 is 5.97 Å². The number of aromatic hydroxyl groups is 1. The van der Waals surface area contributed by atoms with Crippen molar-refractivity contribution >= 4 is 11.8 Å². The van der Waals surface area contributed by atoms with Gasteiger partial charge >= 0.3 is 5.97 Å². The minimum Gasteiger partial charge on any atom is -0.507 e. The summed E-state index contributed by atoms with van der Waals surface area (Å²) in [4.78, 5) is 23.2. The highest BCUT2D eigenvalue weighted by molar-refractivity contribution is 6.02. The smallest absolute Gasteiger partial charge is 0.341 e. The zero-order valence-electron chi connectivity index (χ0n) is 10.2. The molecule has 0 heterocycles. The van der Waals surface area contributed by atoms with E-state index in [0.717, 1.165) is 0 Å². The van der Waals surface area contributed by atoms with Gasteiger partial charge in [0.25, 0.3) is 0 Å². The number of hydrogen-bond acceptors (Lipinski definition) is 6. The molecule has 0 radical (unpaired) electrons. The monoisotopic (exact) mass is 253 g/mol. The number of phenols is 1. The Kier molecular flexibility index (Phi) is 4.67. The van der Waals surface area contributed by atoms with Crippen LogP contribution in [0, 0.1) is 0 Å². The van der Waals surface area contributed by atoms with Gasteiger partial charge in [-0.15, -0.1) is 0 Å². The number of nitrogens with two attached hydrogens (primary N) is 1. The molecule has 0 bridgehead atoms. The SMILES string of the molecule is COC(=O)c1cc(C(=O)CCN)c(OC)cc1O. The van der Waals surface area contributed by atoms with Crippen LogP contribution in [0.2, 0.25) is 0 Å². The molecule has 1 rings (SSSR count). The van der Waals surface area contributed by atoms with Gasteiger partial charge in [0, 0.05) is 12.5 Å². The molecule has 0 amide bonds. The van der Waals surface area contributed by atoms with Crippen LogP contribution < -0.4 is 10.5 Å². The van der Waals surface area contributed by atoms with E-state index in [1.54, 1.807) is 0 Å². The van der Waals surface area contributed by atoms with Crippen LogP contribution in [0.5, 0.6) is 11.5 Å². The van der Waals surface area contributed by atoms with E-state index in [1.165, 1.54) is 26.4 Å². The van der Waals surface area contributed by atoms with Crippen LogP contribution in [0.25, 0.3) is 0 Å². The number of rotatable bonds is 5. The first-order chi connectivity index (χ1) is 8.54. The van der Waals surface area contributed by atoms with E-state index in [4.69, 9.17) is 10.5 Å². The Morgan fingerprint density at radius 1 is 1.28 bits per heavy atom. The second kappa shape index (κ2) is 6.02. The zero-order chi connectivity index (χ0) is 13.7. The van der Waals surface area contributed by atoms with Gasteiger partial charge in [0.05, 0.1) is 19.8 Å². The van der Waals surface area contributed by atoms with E-state index >= 15 is 0 Å². The molecule has 1 aromatic carbocycles. The summed E-state index contributed by atoms with van der Waals surface area (Å²) in [6.45, 7) is 0.191.